The van der Waals surface area contributed by atoms with Crippen LogP contribution in [0.3, 0.4) is 0 Å². The number of aromatic nitrogens is 1. The second-order valence-corrected chi connectivity index (χ2v) is 8.82. The van der Waals surface area contributed by atoms with Gasteiger partial charge in [-0.3, -0.25) is 4.79 Å². The van der Waals surface area contributed by atoms with Gasteiger partial charge in [0.05, 0.1) is 16.9 Å². The van der Waals surface area contributed by atoms with Crippen molar-refractivity contribution < 1.29 is 17.7 Å². The number of fused-ring (bicyclic) bond motifs is 1. The van der Waals surface area contributed by atoms with Crippen molar-refractivity contribution in [2.75, 3.05) is 18.1 Å². The molecule has 134 valence electrons. The standard InChI is InChI=1S/C19H18N2O4S/c22-19(20-11-13-8-9-26(23,24)12-13)15-6-7-17-16(10-15)18(25-21-17)14-4-2-1-3-5-14/h1-7,10,13H,8-9,11-12H2,(H,20,22). The fourth-order valence-corrected chi connectivity index (χ4v) is 5.11. The van der Waals surface area contributed by atoms with E-state index in [4.69, 9.17) is 4.52 Å². The molecular weight excluding hydrogens is 352 g/mol. The Morgan fingerprint density at radius 3 is 2.73 bits per heavy atom. The van der Waals surface area contributed by atoms with Gasteiger partial charge in [0.25, 0.3) is 5.91 Å². The highest BCUT2D eigenvalue weighted by Gasteiger charge is 2.28. The third-order valence-corrected chi connectivity index (χ3v) is 6.49. The summed E-state index contributed by atoms with van der Waals surface area (Å²) in [5, 5.41) is 7.66. The van der Waals surface area contributed by atoms with Gasteiger partial charge in [-0.25, -0.2) is 8.42 Å². The largest absolute Gasteiger partial charge is 0.355 e. The number of rotatable bonds is 4. The topological polar surface area (TPSA) is 89.3 Å². The lowest BCUT2D eigenvalue weighted by Crippen LogP contribution is -2.29. The second-order valence-electron chi connectivity index (χ2n) is 6.59. The lowest BCUT2D eigenvalue weighted by Gasteiger charge is -2.09. The van der Waals surface area contributed by atoms with Crippen LogP contribution in [0.25, 0.3) is 22.2 Å². The summed E-state index contributed by atoms with van der Waals surface area (Å²) in [6.07, 6.45) is 0.603. The number of carbonyl (C=O) groups is 1. The van der Waals surface area contributed by atoms with E-state index in [-0.39, 0.29) is 23.3 Å². The van der Waals surface area contributed by atoms with Crippen LogP contribution >= 0.6 is 0 Å². The quantitative estimate of drug-likeness (QED) is 0.763. The van der Waals surface area contributed by atoms with Crippen molar-refractivity contribution in [3.8, 4) is 11.3 Å². The smallest absolute Gasteiger partial charge is 0.251 e. The first-order valence-corrected chi connectivity index (χ1v) is 10.3. The van der Waals surface area contributed by atoms with Gasteiger partial charge in [0.2, 0.25) is 0 Å². The van der Waals surface area contributed by atoms with Crippen LogP contribution in [-0.4, -0.2) is 37.5 Å². The molecule has 1 aliphatic rings. The molecule has 2 heterocycles. The number of nitrogens with zero attached hydrogens (tertiary/aromatic N) is 1. The van der Waals surface area contributed by atoms with Crippen LogP contribution in [0, 0.1) is 5.92 Å². The summed E-state index contributed by atoms with van der Waals surface area (Å²) in [5.41, 5.74) is 2.07. The average Bonchev–Trinajstić information content (AvgIpc) is 3.22. The maximum Gasteiger partial charge on any atom is 0.251 e. The van der Waals surface area contributed by atoms with Crippen molar-refractivity contribution >= 4 is 26.6 Å². The minimum Gasteiger partial charge on any atom is -0.355 e. The third-order valence-electron chi connectivity index (χ3n) is 4.65. The number of hydrogen-bond donors (Lipinski definition) is 1. The summed E-state index contributed by atoms with van der Waals surface area (Å²) in [4.78, 5) is 12.5. The number of nitrogens with one attached hydrogen (secondary N) is 1. The highest BCUT2D eigenvalue weighted by atomic mass is 32.2. The van der Waals surface area contributed by atoms with Crippen LogP contribution in [0.15, 0.2) is 53.1 Å². The van der Waals surface area contributed by atoms with E-state index in [1.165, 1.54) is 0 Å². The van der Waals surface area contributed by atoms with Gasteiger partial charge in [0.15, 0.2) is 15.6 Å². The SMILES string of the molecule is O=C(NCC1CCS(=O)(=O)C1)c1ccc2noc(-c3ccccc3)c2c1. The Hall–Kier alpha value is -2.67. The number of sulfone groups is 1. The maximum absolute atomic E-state index is 12.5. The number of carbonyl (C=O) groups excluding carboxylic acids is 1. The monoisotopic (exact) mass is 370 g/mol. The van der Waals surface area contributed by atoms with E-state index < -0.39 is 9.84 Å². The molecule has 1 aliphatic heterocycles. The van der Waals surface area contributed by atoms with Gasteiger partial charge in [-0.05, 0) is 30.5 Å². The lowest BCUT2D eigenvalue weighted by molar-refractivity contribution is 0.0948. The minimum atomic E-state index is -2.94. The van der Waals surface area contributed by atoms with Gasteiger partial charge in [-0.15, -0.1) is 0 Å². The number of amides is 1. The zero-order valence-corrected chi connectivity index (χ0v) is 14.8. The van der Waals surface area contributed by atoms with Crippen molar-refractivity contribution in [2.45, 2.75) is 6.42 Å². The highest BCUT2D eigenvalue weighted by Crippen LogP contribution is 2.29. The van der Waals surface area contributed by atoms with E-state index in [1.54, 1.807) is 18.2 Å². The van der Waals surface area contributed by atoms with Gasteiger partial charge in [0, 0.05) is 17.7 Å². The normalized spacial score (nSPS) is 18.8. The Labute approximate surface area is 151 Å². The Morgan fingerprint density at radius 1 is 1.19 bits per heavy atom. The Bertz CT molecular complexity index is 1060. The fraction of sp³-hybridized carbons (Fsp3) is 0.263. The van der Waals surface area contributed by atoms with E-state index in [0.717, 1.165) is 10.9 Å². The minimum absolute atomic E-state index is 0.0110. The zero-order valence-electron chi connectivity index (χ0n) is 14.0. The lowest BCUT2D eigenvalue weighted by atomic mass is 10.1. The molecule has 3 aromatic rings. The van der Waals surface area contributed by atoms with Crippen LogP contribution < -0.4 is 5.32 Å². The summed E-state index contributed by atoms with van der Waals surface area (Å²) in [7, 11) is -2.94. The summed E-state index contributed by atoms with van der Waals surface area (Å²) in [5.74, 6) is 0.744. The molecule has 1 amide bonds. The zero-order chi connectivity index (χ0) is 18.1. The number of benzene rings is 2. The van der Waals surface area contributed by atoms with Gasteiger partial charge in [0.1, 0.15) is 5.52 Å². The van der Waals surface area contributed by atoms with Crippen LogP contribution in [0.4, 0.5) is 0 Å². The van der Waals surface area contributed by atoms with Crippen molar-refractivity contribution in [2.24, 2.45) is 5.92 Å². The van der Waals surface area contributed by atoms with Crippen molar-refractivity contribution in [3.05, 3.63) is 54.1 Å². The van der Waals surface area contributed by atoms with Crippen LogP contribution in [0.5, 0.6) is 0 Å². The molecule has 1 fully saturated rings. The molecule has 1 N–H and O–H groups in total. The third kappa shape index (κ3) is 3.35. The molecule has 0 spiro atoms. The molecular formula is C19H18N2O4S. The van der Waals surface area contributed by atoms with Crippen molar-refractivity contribution in [1.29, 1.82) is 0 Å². The molecule has 7 heteroatoms. The van der Waals surface area contributed by atoms with Gasteiger partial charge >= 0.3 is 0 Å². The Morgan fingerprint density at radius 2 is 2.00 bits per heavy atom. The molecule has 4 rings (SSSR count). The molecule has 6 nitrogen and oxygen atoms in total. The molecule has 1 unspecified atom stereocenters. The van der Waals surface area contributed by atoms with E-state index in [0.29, 0.717) is 29.8 Å². The maximum atomic E-state index is 12.5. The van der Waals surface area contributed by atoms with E-state index in [2.05, 4.69) is 10.5 Å². The average molecular weight is 370 g/mol. The molecule has 2 aromatic carbocycles. The van der Waals surface area contributed by atoms with Gasteiger partial charge in [-0.2, -0.15) is 0 Å². The second kappa shape index (κ2) is 6.57. The summed E-state index contributed by atoms with van der Waals surface area (Å²) in [6.45, 7) is 0.366. The Kier molecular flexibility index (Phi) is 4.24. The molecule has 0 bridgehead atoms. The molecule has 0 radical (unpaired) electrons. The predicted octanol–water partition coefficient (Wildman–Crippen LogP) is 2.66. The van der Waals surface area contributed by atoms with Crippen molar-refractivity contribution in [3.63, 3.8) is 0 Å². The first-order valence-electron chi connectivity index (χ1n) is 8.45. The van der Waals surface area contributed by atoms with Crippen LogP contribution in [0.2, 0.25) is 0 Å². The summed E-state index contributed by atoms with van der Waals surface area (Å²) < 4.78 is 28.5. The molecule has 26 heavy (non-hydrogen) atoms. The van der Waals surface area contributed by atoms with Crippen LogP contribution in [0.1, 0.15) is 16.8 Å². The van der Waals surface area contributed by atoms with E-state index >= 15 is 0 Å². The van der Waals surface area contributed by atoms with E-state index in [1.807, 2.05) is 30.3 Å². The fourth-order valence-electron chi connectivity index (χ4n) is 3.25. The van der Waals surface area contributed by atoms with Gasteiger partial charge < -0.3 is 9.84 Å². The molecule has 0 saturated carbocycles. The molecule has 1 saturated heterocycles. The first-order chi connectivity index (χ1) is 12.5. The van der Waals surface area contributed by atoms with E-state index in [9.17, 15) is 13.2 Å². The molecule has 1 aromatic heterocycles. The number of hydrogen-bond acceptors (Lipinski definition) is 5. The predicted molar refractivity (Wildman–Crippen MR) is 98.5 cm³/mol. The molecule has 0 aliphatic carbocycles. The summed E-state index contributed by atoms with van der Waals surface area (Å²) >= 11 is 0. The summed E-state index contributed by atoms with van der Waals surface area (Å²) in [6, 6.07) is 14.8. The highest BCUT2D eigenvalue weighted by molar-refractivity contribution is 7.91. The molecule has 1 atom stereocenters. The first kappa shape index (κ1) is 16.8. The van der Waals surface area contributed by atoms with Crippen molar-refractivity contribution in [1.82, 2.24) is 10.5 Å². The van der Waals surface area contributed by atoms with Gasteiger partial charge in [-0.1, -0.05) is 35.5 Å². The van der Waals surface area contributed by atoms with Crippen LogP contribution in [-0.2, 0) is 9.84 Å². The Balaban J connectivity index is 1.54.